The van der Waals surface area contributed by atoms with Crippen LogP contribution in [0.25, 0.3) is 0 Å². The van der Waals surface area contributed by atoms with Crippen LogP contribution in [0.3, 0.4) is 0 Å². The van der Waals surface area contributed by atoms with Crippen LogP contribution in [0.1, 0.15) is 30.6 Å². The number of sulfonamides is 1. The number of aryl methyl sites for hydroxylation is 1. The van der Waals surface area contributed by atoms with E-state index in [1.54, 1.807) is 6.07 Å². The second-order valence-corrected chi connectivity index (χ2v) is 12.1. The number of rotatable bonds is 5. The maximum atomic E-state index is 13.1. The monoisotopic (exact) mass is 490 g/mol. The smallest absolute Gasteiger partial charge is 0.319 e. The third kappa shape index (κ3) is 5.74. The van der Waals surface area contributed by atoms with Crippen molar-refractivity contribution in [1.29, 1.82) is 0 Å². The van der Waals surface area contributed by atoms with E-state index < -0.39 is 10.0 Å². The molecule has 2 saturated heterocycles. The molecule has 1 aromatic carbocycles. The van der Waals surface area contributed by atoms with Gasteiger partial charge in [-0.05, 0) is 56.9 Å². The molecule has 2 aromatic rings. The van der Waals surface area contributed by atoms with Gasteiger partial charge in [-0.2, -0.15) is 4.31 Å². The van der Waals surface area contributed by atoms with Crippen molar-refractivity contribution in [2.45, 2.75) is 42.9 Å². The summed E-state index contributed by atoms with van der Waals surface area (Å²) < 4.78 is 27.8. The molecular formula is C23H30N4O4S2. The summed E-state index contributed by atoms with van der Waals surface area (Å²) in [6.07, 6.45) is 2.73. The van der Waals surface area contributed by atoms with Crippen molar-refractivity contribution in [3.63, 3.8) is 0 Å². The van der Waals surface area contributed by atoms with Gasteiger partial charge in [0, 0.05) is 42.8 Å². The Bertz CT molecular complexity index is 1080. The standard InChI is InChI=1S/C23H30N4O4S2/c1-17-9-10-21(32-17)33(30,31)27-13-5-6-18(16-27)22(28)26-14-11-20(12-15-26)25-23(29)24-19-7-3-2-4-8-19/h2-4,7-10,18,20H,5-6,11-16H2,1H3,(H2,24,25,29). The second kappa shape index (κ2) is 10.2. The fourth-order valence-electron chi connectivity index (χ4n) is 4.42. The molecule has 33 heavy (non-hydrogen) atoms. The number of hydrogen-bond donors (Lipinski definition) is 2. The Morgan fingerprint density at radius 2 is 1.73 bits per heavy atom. The molecule has 0 aliphatic carbocycles. The third-order valence-electron chi connectivity index (χ3n) is 6.22. The van der Waals surface area contributed by atoms with Crippen molar-refractivity contribution >= 4 is 39.0 Å². The van der Waals surface area contributed by atoms with Gasteiger partial charge in [0.25, 0.3) is 10.0 Å². The molecule has 2 fully saturated rings. The van der Waals surface area contributed by atoms with Crippen LogP contribution in [0.4, 0.5) is 10.5 Å². The highest BCUT2D eigenvalue weighted by Crippen LogP contribution is 2.29. The molecule has 3 amide bonds. The van der Waals surface area contributed by atoms with Crippen molar-refractivity contribution in [1.82, 2.24) is 14.5 Å². The summed E-state index contributed by atoms with van der Waals surface area (Å²) in [7, 11) is -3.56. The average Bonchev–Trinajstić information content (AvgIpc) is 3.27. The number of para-hydroxylation sites is 1. The lowest BCUT2D eigenvalue weighted by Crippen LogP contribution is -2.51. The lowest BCUT2D eigenvalue weighted by Gasteiger charge is -2.37. The molecule has 2 aliphatic heterocycles. The Labute approximate surface area is 199 Å². The van der Waals surface area contributed by atoms with Crippen LogP contribution in [0.2, 0.25) is 0 Å². The summed E-state index contributed by atoms with van der Waals surface area (Å²) in [5.41, 5.74) is 0.733. The normalized spacial score (nSPS) is 20.4. The molecular weight excluding hydrogens is 460 g/mol. The van der Waals surface area contributed by atoms with Gasteiger partial charge in [0.1, 0.15) is 4.21 Å². The van der Waals surface area contributed by atoms with E-state index in [1.807, 2.05) is 48.2 Å². The number of piperidine rings is 2. The molecule has 1 atom stereocenters. The minimum atomic E-state index is -3.56. The van der Waals surface area contributed by atoms with Crippen LogP contribution in [-0.2, 0) is 14.8 Å². The number of carbonyl (C=O) groups excluding carboxylic acids is 2. The summed E-state index contributed by atoms with van der Waals surface area (Å²) in [6.45, 7) is 3.68. The van der Waals surface area contributed by atoms with Crippen LogP contribution in [-0.4, -0.2) is 61.8 Å². The predicted molar refractivity (Wildman–Crippen MR) is 129 cm³/mol. The number of thiophene rings is 1. The zero-order chi connectivity index (χ0) is 23.4. The SMILES string of the molecule is Cc1ccc(S(=O)(=O)N2CCCC(C(=O)N3CCC(NC(=O)Nc4ccccc4)CC3)C2)s1. The van der Waals surface area contributed by atoms with E-state index in [9.17, 15) is 18.0 Å². The number of likely N-dealkylation sites (tertiary alicyclic amines) is 1. The van der Waals surface area contributed by atoms with Gasteiger partial charge in [0.15, 0.2) is 0 Å². The van der Waals surface area contributed by atoms with E-state index in [0.29, 0.717) is 49.5 Å². The summed E-state index contributed by atoms with van der Waals surface area (Å²) in [5, 5.41) is 5.80. The second-order valence-electron chi connectivity index (χ2n) is 8.63. The van der Waals surface area contributed by atoms with Crippen molar-refractivity contribution < 1.29 is 18.0 Å². The van der Waals surface area contributed by atoms with Crippen molar-refractivity contribution in [3.05, 3.63) is 47.3 Å². The Kier molecular flexibility index (Phi) is 7.35. The Hall–Kier alpha value is -2.43. The third-order valence-corrected chi connectivity index (χ3v) is 9.55. The molecule has 4 rings (SSSR count). The molecule has 0 radical (unpaired) electrons. The number of nitrogens with zero attached hydrogens (tertiary/aromatic N) is 2. The van der Waals surface area contributed by atoms with Gasteiger partial charge in [0.2, 0.25) is 5.91 Å². The van der Waals surface area contributed by atoms with Crippen LogP contribution < -0.4 is 10.6 Å². The van der Waals surface area contributed by atoms with E-state index in [4.69, 9.17) is 0 Å². The van der Waals surface area contributed by atoms with Gasteiger partial charge < -0.3 is 15.5 Å². The molecule has 178 valence electrons. The Morgan fingerprint density at radius 3 is 2.39 bits per heavy atom. The number of urea groups is 1. The molecule has 3 heterocycles. The molecule has 0 bridgehead atoms. The lowest BCUT2D eigenvalue weighted by atomic mass is 9.96. The van der Waals surface area contributed by atoms with Gasteiger partial charge in [-0.1, -0.05) is 18.2 Å². The predicted octanol–water partition coefficient (Wildman–Crippen LogP) is 3.27. The fraction of sp³-hybridized carbons (Fsp3) is 0.478. The van der Waals surface area contributed by atoms with Gasteiger partial charge >= 0.3 is 6.03 Å². The number of carbonyl (C=O) groups is 2. The fourth-order valence-corrected chi connectivity index (χ4v) is 7.38. The van der Waals surface area contributed by atoms with Crippen molar-refractivity contribution in [3.8, 4) is 0 Å². The minimum Gasteiger partial charge on any atom is -0.342 e. The van der Waals surface area contributed by atoms with Crippen LogP contribution in [0.5, 0.6) is 0 Å². The minimum absolute atomic E-state index is 0.00284. The van der Waals surface area contributed by atoms with Crippen molar-refractivity contribution in [2.75, 3.05) is 31.5 Å². The first kappa shape index (κ1) is 23.7. The molecule has 10 heteroatoms. The summed E-state index contributed by atoms with van der Waals surface area (Å²) >= 11 is 1.27. The number of nitrogens with one attached hydrogen (secondary N) is 2. The zero-order valence-electron chi connectivity index (χ0n) is 18.7. The quantitative estimate of drug-likeness (QED) is 0.672. The first-order valence-electron chi connectivity index (χ1n) is 11.3. The first-order valence-corrected chi connectivity index (χ1v) is 13.6. The topological polar surface area (TPSA) is 98.8 Å². The molecule has 8 nitrogen and oxygen atoms in total. The van der Waals surface area contributed by atoms with E-state index in [2.05, 4.69) is 10.6 Å². The van der Waals surface area contributed by atoms with Gasteiger partial charge in [-0.15, -0.1) is 11.3 Å². The zero-order valence-corrected chi connectivity index (χ0v) is 20.3. The number of benzene rings is 1. The lowest BCUT2D eigenvalue weighted by molar-refractivity contribution is -0.137. The highest BCUT2D eigenvalue weighted by molar-refractivity contribution is 7.91. The van der Waals surface area contributed by atoms with Gasteiger partial charge in [-0.3, -0.25) is 4.79 Å². The molecule has 2 N–H and O–H groups in total. The maximum Gasteiger partial charge on any atom is 0.319 e. The van der Waals surface area contributed by atoms with Crippen molar-refractivity contribution in [2.24, 2.45) is 5.92 Å². The molecule has 2 aliphatic rings. The van der Waals surface area contributed by atoms with E-state index in [0.717, 1.165) is 10.6 Å². The number of hydrogen-bond acceptors (Lipinski definition) is 5. The summed E-state index contributed by atoms with van der Waals surface area (Å²) in [5.74, 6) is -0.301. The average molecular weight is 491 g/mol. The van der Waals surface area contributed by atoms with Crippen LogP contribution >= 0.6 is 11.3 Å². The van der Waals surface area contributed by atoms with E-state index >= 15 is 0 Å². The molecule has 0 spiro atoms. The largest absolute Gasteiger partial charge is 0.342 e. The number of anilines is 1. The summed E-state index contributed by atoms with van der Waals surface area (Å²) in [6, 6.07) is 12.5. The number of amides is 3. The maximum absolute atomic E-state index is 13.1. The highest BCUT2D eigenvalue weighted by atomic mass is 32.2. The molecule has 0 saturated carbocycles. The van der Waals surface area contributed by atoms with Gasteiger partial charge in [-0.25, -0.2) is 13.2 Å². The van der Waals surface area contributed by atoms with Crippen LogP contribution in [0.15, 0.2) is 46.7 Å². The molecule has 1 unspecified atom stereocenters. The Morgan fingerprint density at radius 1 is 1.00 bits per heavy atom. The van der Waals surface area contributed by atoms with Crippen LogP contribution in [0, 0.1) is 12.8 Å². The highest BCUT2D eigenvalue weighted by Gasteiger charge is 2.36. The van der Waals surface area contributed by atoms with E-state index in [-0.39, 0.29) is 30.4 Å². The Balaban J connectivity index is 1.28. The first-order chi connectivity index (χ1) is 15.8. The summed E-state index contributed by atoms with van der Waals surface area (Å²) in [4.78, 5) is 28.1. The van der Waals surface area contributed by atoms with Gasteiger partial charge in [0.05, 0.1) is 5.92 Å². The van der Waals surface area contributed by atoms with E-state index in [1.165, 1.54) is 15.6 Å². The molecule has 1 aromatic heterocycles.